The Morgan fingerprint density at radius 1 is 1.17 bits per heavy atom. The third-order valence-electron chi connectivity index (χ3n) is 5.00. The highest BCUT2D eigenvalue weighted by Gasteiger charge is 2.22. The SMILES string of the molecule is COc1cc(C(=O)NC(CCC(=O)O)C(=O)O)ccc1N(C)Cc1cnc2nc(N)nc(N)c2n1. The first-order valence-corrected chi connectivity index (χ1v) is 10.3. The van der Waals surface area contributed by atoms with Crippen LogP contribution >= 0.6 is 0 Å². The van der Waals surface area contributed by atoms with Crippen molar-refractivity contribution in [2.24, 2.45) is 0 Å². The van der Waals surface area contributed by atoms with E-state index >= 15 is 0 Å². The van der Waals surface area contributed by atoms with Gasteiger partial charge in [-0.3, -0.25) is 9.59 Å². The number of fused-ring (bicyclic) bond motifs is 1. The van der Waals surface area contributed by atoms with Gasteiger partial charge in [-0.05, 0) is 24.6 Å². The highest BCUT2D eigenvalue weighted by molar-refractivity contribution is 5.97. The van der Waals surface area contributed by atoms with Crippen LogP contribution in [0.4, 0.5) is 17.5 Å². The summed E-state index contributed by atoms with van der Waals surface area (Å²) in [5.74, 6) is -2.70. The molecule has 2 aromatic heterocycles. The van der Waals surface area contributed by atoms with Crippen LogP contribution in [-0.2, 0) is 16.1 Å². The Hall–Kier alpha value is -4.75. The van der Waals surface area contributed by atoms with Crippen molar-refractivity contribution in [2.45, 2.75) is 25.4 Å². The monoisotopic (exact) mass is 484 g/mol. The number of carboxylic acid groups (broad SMARTS) is 2. The molecule has 0 radical (unpaired) electrons. The van der Waals surface area contributed by atoms with E-state index in [-0.39, 0.29) is 29.4 Å². The molecule has 14 nitrogen and oxygen atoms in total. The van der Waals surface area contributed by atoms with Gasteiger partial charge in [-0.15, -0.1) is 0 Å². The first-order chi connectivity index (χ1) is 16.6. The van der Waals surface area contributed by atoms with Crippen molar-refractivity contribution in [3.8, 4) is 5.75 Å². The third kappa shape index (κ3) is 5.98. The van der Waals surface area contributed by atoms with Gasteiger partial charge in [0.25, 0.3) is 5.91 Å². The highest BCUT2D eigenvalue weighted by Crippen LogP contribution is 2.30. The van der Waals surface area contributed by atoms with Crippen molar-refractivity contribution < 1.29 is 29.3 Å². The molecule has 0 aliphatic rings. The number of carboxylic acids is 2. The average molecular weight is 484 g/mol. The number of carbonyl (C=O) groups excluding carboxylic acids is 1. The molecule has 35 heavy (non-hydrogen) atoms. The van der Waals surface area contributed by atoms with E-state index in [9.17, 15) is 19.5 Å². The van der Waals surface area contributed by atoms with Gasteiger partial charge in [-0.1, -0.05) is 0 Å². The minimum absolute atomic E-state index is 0.000378. The van der Waals surface area contributed by atoms with E-state index in [1.165, 1.54) is 25.4 Å². The summed E-state index contributed by atoms with van der Waals surface area (Å²) >= 11 is 0. The van der Waals surface area contributed by atoms with Crippen LogP contribution in [0.3, 0.4) is 0 Å². The van der Waals surface area contributed by atoms with Gasteiger partial charge >= 0.3 is 11.9 Å². The number of methoxy groups -OCH3 is 1. The molecule has 7 N–H and O–H groups in total. The first-order valence-electron chi connectivity index (χ1n) is 10.3. The zero-order chi connectivity index (χ0) is 25.7. The van der Waals surface area contributed by atoms with Crippen LogP contribution in [0.15, 0.2) is 24.4 Å². The molecular weight excluding hydrogens is 460 g/mol. The second-order valence-electron chi connectivity index (χ2n) is 7.54. The lowest BCUT2D eigenvalue weighted by Gasteiger charge is -2.22. The van der Waals surface area contributed by atoms with Crippen LogP contribution in [0.2, 0.25) is 0 Å². The molecule has 0 aliphatic heterocycles. The Morgan fingerprint density at radius 3 is 2.57 bits per heavy atom. The summed E-state index contributed by atoms with van der Waals surface area (Å²) in [6, 6.07) is 3.25. The normalized spacial score (nSPS) is 11.6. The van der Waals surface area contributed by atoms with Crippen LogP contribution in [0.5, 0.6) is 5.75 Å². The number of nitrogens with zero attached hydrogens (tertiary/aromatic N) is 5. The second-order valence-corrected chi connectivity index (χ2v) is 7.54. The average Bonchev–Trinajstić information content (AvgIpc) is 2.81. The number of ether oxygens (including phenoxy) is 1. The predicted molar refractivity (Wildman–Crippen MR) is 125 cm³/mol. The number of benzene rings is 1. The van der Waals surface area contributed by atoms with E-state index in [1.54, 1.807) is 18.0 Å². The Bertz CT molecular complexity index is 1280. The van der Waals surface area contributed by atoms with Gasteiger partial charge in [0.2, 0.25) is 5.95 Å². The highest BCUT2D eigenvalue weighted by atomic mass is 16.5. The molecule has 3 aromatic rings. The van der Waals surface area contributed by atoms with Crippen LogP contribution in [-0.4, -0.2) is 68.2 Å². The number of nitrogens with one attached hydrogen (secondary N) is 1. The van der Waals surface area contributed by atoms with Crippen LogP contribution < -0.4 is 26.4 Å². The Balaban J connectivity index is 1.78. The fourth-order valence-electron chi connectivity index (χ4n) is 3.29. The Kier molecular flexibility index (Phi) is 7.43. The minimum atomic E-state index is -1.34. The molecule has 1 amide bonds. The summed E-state index contributed by atoms with van der Waals surface area (Å²) in [6.07, 6.45) is 0.887. The molecule has 1 atom stereocenters. The fraction of sp³-hybridized carbons (Fsp3) is 0.286. The van der Waals surface area contributed by atoms with Crippen molar-refractivity contribution in [2.75, 3.05) is 30.5 Å². The number of hydrogen-bond donors (Lipinski definition) is 5. The molecule has 0 bridgehead atoms. The maximum Gasteiger partial charge on any atom is 0.326 e. The van der Waals surface area contributed by atoms with E-state index in [0.29, 0.717) is 29.2 Å². The fourth-order valence-corrected chi connectivity index (χ4v) is 3.29. The lowest BCUT2D eigenvalue weighted by molar-refractivity contribution is -0.140. The number of aliphatic carboxylic acids is 2. The third-order valence-corrected chi connectivity index (χ3v) is 5.00. The van der Waals surface area contributed by atoms with E-state index in [0.717, 1.165) is 0 Å². The lowest BCUT2D eigenvalue weighted by atomic mass is 10.1. The Labute approximate surface area is 199 Å². The van der Waals surface area contributed by atoms with Crippen molar-refractivity contribution in [3.05, 3.63) is 35.7 Å². The molecule has 184 valence electrons. The minimum Gasteiger partial charge on any atom is -0.495 e. The zero-order valence-corrected chi connectivity index (χ0v) is 18.9. The van der Waals surface area contributed by atoms with Gasteiger partial charge in [0.1, 0.15) is 11.8 Å². The van der Waals surface area contributed by atoms with E-state index in [4.69, 9.17) is 21.3 Å². The van der Waals surface area contributed by atoms with E-state index < -0.39 is 30.3 Å². The standard InChI is InChI=1S/C21H24N8O6/c1-29(9-11-8-24-18-16(25-11)17(22)27-21(23)28-18)13-5-3-10(7-14(13)35-2)19(32)26-12(20(33)34)4-6-15(30)31/h3,5,7-8,12H,4,6,9H2,1-2H3,(H,26,32)(H,30,31)(H,33,34)(H4,22,23,24,27,28). The summed E-state index contributed by atoms with van der Waals surface area (Å²) in [7, 11) is 3.21. The molecule has 0 spiro atoms. The summed E-state index contributed by atoms with van der Waals surface area (Å²) < 4.78 is 5.42. The number of hydrogen-bond acceptors (Lipinski definition) is 11. The van der Waals surface area contributed by atoms with Crippen LogP contribution in [0, 0.1) is 0 Å². The van der Waals surface area contributed by atoms with E-state index in [2.05, 4.69) is 25.3 Å². The van der Waals surface area contributed by atoms with Crippen molar-refractivity contribution in [3.63, 3.8) is 0 Å². The van der Waals surface area contributed by atoms with Crippen molar-refractivity contribution in [1.82, 2.24) is 25.3 Å². The maximum atomic E-state index is 12.6. The Morgan fingerprint density at radius 2 is 1.91 bits per heavy atom. The molecule has 0 fully saturated rings. The lowest BCUT2D eigenvalue weighted by Crippen LogP contribution is -2.41. The number of carbonyl (C=O) groups is 3. The quantitative estimate of drug-likeness (QED) is 0.261. The largest absolute Gasteiger partial charge is 0.495 e. The van der Waals surface area contributed by atoms with Crippen molar-refractivity contribution in [1.29, 1.82) is 0 Å². The van der Waals surface area contributed by atoms with Gasteiger partial charge in [0.05, 0.1) is 31.2 Å². The molecule has 1 aromatic carbocycles. The van der Waals surface area contributed by atoms with Gasteiger partial charge in [-0.2, -0.15) is 9.97 Å². The summed E-state index contributed by atoms with van der Waals surface area (Å²) in [6.45, 7) is 0.297. The maximum absolute atomic E-state index is 12.6. The zero-order valence-electron chi connectivity index (χ0n) is 18.9. The summed E-state index contributed by atoms with van der Waals surface area (Å²) in [5, 5.41) is 20.4. The summed E-state index contributed by atoms with van der Waals surface area (Å²) in [4.78, 5) is 53.1. The van der Waals surface area contributed by atoms with E-state index in [1.807, 2.05) is 0 Å². The first kappa shape index (κ1) is 24.9. The van der Waals surface area contributed by atoms with Gasteiger partial charge in [-0.25, -0.2) is 14.8 Å². The summed E-state index contributed by atoms with van der Waals surface area (Å²) in [5.41, 5.74) is 13.4. The molecule has 3 rings (SSSR count). The van der Waals surface area contributed by atoms with Crippen LogP contribution in [0.1, 0.15) is 28.9 Å². The number of aromatic nitrogens is 4. The molecule has 1 unspecified atom stereocenters. The molecule has 14 heteroatoms. The molecule has 2 heterocycles. The smallest absolute Gasteiger partial charge is 0.326 e. The topological polar surface area (TPSA) is 220 Å². The second kappa shape index (κ2) is 10.5. The molecular formula is C21H24N8O6. The van der Waals surface area contributed by atoms with Gasteiger partial charge in [0.15, 0.2) is 17.0 Å². The van der Waals surface area contributed by atoms with Crippen LogP contribution in [0.25, 0.3) is 11.2 Å². The van der Waals surface area contributed by atoms with Gasteiger partial charge in [0, 0.05) is 19.0 Å². The predicted octanol–water partition coefficient (Wildman–Crippen LogP) is 0.277. The van der Waals surface area contributed by atoms with Crippen molar-refractivity contribution >= 4 is 46.5 Å². The molecule has 0 aliphatic carbocycles. The number of anilines is 3. The molecule has 0 saturated heterocycles. The number of amides is 1. The molecule has 0 saturated carbocycles. The van der Waals surface area contributed by atoms with Gasteiger partial charge < -0.3 is 36.6 Å². The number of rotatable bonds is 10. The number of nitrogen functional groups attached to an aromatic ring is 2. The number of nitrogens with two attached hydrogens (primary N) is 2.